The molecule has 0 unspecified atom stereocenters. The summed E-state index contributed by atoms with van der Waals surface area (Å²) in [6, 6.07) is 16.0. The van der Waals surface area contributed by atoms with Crippen LogP contribution in [0.5, 0.6) is 11.9 Å². The van der Waals surface area contributed by atoms with Crippen molar-refractivity contribution in [2.24, 2.45) is 0 Å². The van der Waals surface area contributed by atoms with Crippen molar-refractivity contribution in [2.45, 2.75) is 44.8 Å². The third-order valence-corrected chi connectivity index (χ3v) is 7.16. The number of halogens is 5. The van der Waals surface area contributed by atoms with Gasteiger partial charge in [-0.15, -0.1) is 0 Å². The summed E-state index contributed by atoms with van der Waals surface area (Å²) in [5.41, 5.74) is 2.93. The van der Waals surface area contributed by atoms with Crippen LogP contribution >= 0.6 is 34.8 Å². The lowest BCUT2D eigenvalue weighted by molar-refractivity contribution is 0.147. The van der Waals surface area contributed by atoms with Crippen LogP contribution in [0.25, 0.3) is 22.4 Å². The fraction of sp³-hybridized carbons (Fsp3) is 0.241. The smallest absolute Gasteiger partial charge is 0.320 e. The molecule has 1 aliphatic rings. The van der Waals surface area contributed by atoms with Crippen LogP contribution in [0, 0.1) is 11.6 Å². The van der Waals surface area contributed by atoms with Gasteiger partial charge >= 0.3 is 6.01 Å². The van der Waals surface area contributed by atoms with Crippen LogP contribution in [0.2, 0.25) is 15.1 Å². The van der Waals surface area contributed by atoms with E-state index in [1.807, 2.05) is 12.1 Å². The minimum absolute atomic E-state index is 0.0132. The Morgan fingerprint density at radius 3 is 2.24 bits per heavy atom. The molecule has 1 aliphatic carbocycles. The zero-order valence-corrected chi connectivity index (χ0v) is 22.5. The summed E-state index contributed by atoms with van der Waals surface area (Å²) in [6.07, 6.45) is 5.11. The average molecular weight is 576 g/mol. The zero-order chi connectivity index (χ0) is 26.6. The molecular weight excluding hydrogens is 553 g/mol. The molecule has 0 N–H and O–H groups in total. The van der Waals surface area contributed by atoms with E-state index >= 15 is 0 Å². The highest BCUT2D eigenvalue weighted by molar-refractivity contribution is 6.36. The summed E-state index contributed by atoms with van der Waals surface area (Å²) in [5, 5.41) is 1.46. The summed E-state index contributed by atoms with van der Waals surface area (Å²) < 4.78 is 39.5. The molecule has 0 radical (unpaired) electrons. The first kappa shape index (κ1) is 26.7. The molecule has 38 heavy (non-hydrogen) atoms. The summed E-state index contributed by atoms with van der Waals surface area (Å²) in [5.74, 6) is -1.55. The lowest BCUT2D eigenvalue weighted by atomic mass is 9.97. The van der Waals surface area contributed by atoms with Crippen LogP contribution in [-0.4, -0.2) is 16.1 Å². The SMILES string of the molecule is Fc1ccc(COc2nc(OC3CCCCC3)c(-c3ccc(Cl)cc3)c(-c3ccc(Cl)cc3Cl)n2)cc1F. The molecule has 1 saturated carbocycles. The molecule has 0 aliphatic heterocycles. The minimum atomic E-state index is -0.958. The van der Waals surface area contributed by atoms with Crippen molar-refractivity contribution in [2.75, 3.05) is 0 Å². The Balaban J connectivity index is 1.63. The van der Waals surface area contributed by atoms with Crippen molar-refractivity contribution < 1.29 is 18.3 Å². The van der Waals surface area contributed by atoms with Gasteiger partial charge < -0.3 is 9.47 Å². The first-order chi connectivity index (χ1) is 18.4. The monoisotopic (exact) mass is 574 g/mol. The van der Waals surface area contributed by atoms with Crippen molar-refractivity contribution in [3.8, 4) is 34.3 Å². The van der Waals surface area contributed by atoms with E-state index in [-0.39, 0.29) is 18.7 Å². The van der Waals surface area contributed by atoms with E-state index in [9.17, 15) is 8.78 Å². The van der Waals surface area contributed by atoms with E-state index in [0.717, 1.165) is 43.4 Å². The Hall–Kier alpha value is -2.93. The molecule has 0 saturated heterocycles. The van der Waals surface area contributed by atoms with Crippen molar-refractivity contribution in [1.82, 2.24) is 9.97 Å². The molecule has 0 spiro atoms. The van der Waals surface area contributed by atoms with Crippen LogP contribution in [0.15, 0.2) is 60.7 Å². The fourth-order valence-electron chi connectivity index (χ4n) is 4.44. The highest BCUT2D eigenvalue weighted by atomic mass is 35.5. The van der Waals surface area contributed by atoms with E-state index < -0.39 is 11.6 Å². The molecule has 0 amide bonds. The van der Waals surface area contributed by atoms with Gasteiger partial charge in [0.15, 0.2) is 11.6 Å². The van der Waals surface area contributed by atoms with Gasteiger partial charge in [0, 0.05) is 15.6 Å². The van der Waals surface area contributed by atoms with Crippen LogP contribution < -0.4 is 9.47 Å². The van der Waals surface area contributed by atoms with Crippen molar-refractivity contribution >= 4 is 34.8 Å². The molecule has 1 fully saturated rings. The first-order valence-electron chi connectivity index (χ1n) is 12.2. The van der Waals surface area contributed by atoms with Crippen LogP contribution in [0.3, 0.4) is 0 Å². The Labute approximate surface area is 234 Å². The topological polar surface area (TPSA) is 44.2 Å². The van der Waals surface area contributed by atoms with Gasteiger partial charge in [0.2, 0.25) is 5.88 Å². The Kier molecular flexibility index (Phi) is 8.32. The molecule has 0 bridgehead atoms. The van der Waals surface area contributed by atoms with E-state index in [2.05, 4.69) is 4.98 Å². The molecule has 3 aromatic carbocycles. The number of ether oxygens (including phenoxy) is 2. The normalized spacial score (nSPS) is 13.9. The van der Waals surface area contributed by atoms with Gasteiger partial charge in [-0.2, -0.15) is 9.97 Å². The zero-order valence-electron chi connectivity index (χ0n) is 20.2. The molecular formula is C29H23Cl3F2N2O2. The Morgan fingerprint density at radius 2 is 1.53 bits per heavy atom. The van der Waals surface area contributed by atoms with Gasteiger partial charge in [0.1, 0.15) is 12.7 Å². The number of hydrogen-bond donors (Lipinski definition) is 0. The van der Waals surface area contributed by atoms with Crippen molar-refractivity contribution in [3.05, 3.63) is 92.9 Å². The van der Waals surface area contributed by atoms with E-state index in [1.54, 1.807) is 30.3 Å². The summed E-state index contributed by atoms with van der Waals surface area (Å²) in [4.78, 5) is 9.33. The third kappa shape index (κ3) is 6.20. The van der Waals surface area contributed by atoms with Gasteiger partial charge in [0.05, 0.1) is 16.3 Å². The highest BCUT2D eigenvalue weighted by Gasteiger charge is 2.25. The lowest BCUT2D eigenvalue weighted by Crippen LogP contribution is -2.21. The molecule has 9 heteroatoms. The fourth-order valence-corrected chi connectivity index (χ4v) is 5.07. The predicted octanol–water partition coefficient (Wildman–Crippen LogP) is 9.34. The quantitative estimate of drug-likeness (QED) is 0.220. The third-order valence-electron chi connectivity index (χ3n) is 6.36. The molecule has 5 rings (SSSR count). The van der Waals surface area contributed by atoms with Crippen LogP contribution in [0.4, 0.5) is 8.78 Å². The van der Waals surface area contributed by atoms with E-state index in [4.69, 9.17) is 49.3 Å². The second-order valence-corrected chi connectivity index (χ2v) is 10.4. The molecule has 4 aromatic rings. The summed E-state index contributed by atoms with van der Waals surface area (Å²) in [6.45, 7) is -0.0752. The standard InChI is InChI=1S/C29H23Cl3F2N2O2/c30-19-9-7-18(8-10-19)26-27(22-12-11-20(31)15-23(22)32)35-29(36-28(26)38-21-4-2-1-3-5-21)37-16-17-6-13-24(33)25(34)14-17/h6-15,21H,1-5,16H2. The van der Waals surface area contributed by atoms with E-state index in [1.165, 1.54) is 12.5 Å². The molecule has 1 aromatic heterocycles. The molecule has 196 valence electrons. The largest absolute Gasteiger partial charge is 0.474 e. The molecule has 1 heterocycles. The van der Waals surface area contributed by atoms with Gasteiger partial charge in [-0.05, 0) is 79.3 Å². The average Bonchev–Trinajstić information content (AvgIpc) is 2.90. The van der Waals surface area contributed by atoms with E-state index in [0.29, 0.717) is 43.3 Å². The number of hydrogen-bond acceptors (Lipinski definition) is 4. The molecule has 4 nitrogen and oxygen atoms in total. The number of nitrogens with zero attached hydrogens (tertiary/aromatic N) is 2. The number of aromatic nitrogens is 2. The summed E-state index contributed by atoms with van der Waals surface area (Å²) in [7, 11) is 0. The Morgan fingerprint density at radius 1 is 0.789 bits per heavy atom. The maximum atomic E-state index is 13.7. The van der Waals surface area contributed by atoms with Crippen LogP contribution in [-0.2, 0) is 6.61 Å². The number of rotatable bonds is 7. The lowest BCUT2D eigenvalue weighted by Gasteiger charge is -2.25. The second kappa shape index (κ2) is 11.9. The first-order valence-corrected chi connectivity index (χ1v) is 13.4. The van der Waals surface area contributed by atoms with Gasteiger partial charge in [0.25, 0.3) is 0 Å². The molecule has 0 atom stereocenters. The second-order valence-electron chi connectivity index (χ2n) is 9.08. The summed E-state index contributed by atoms with van der Waals surface area (Å²) >= 11 is 19.0. The minimum Gasteiger partial charge on any atom is -0.474 e. The highest BCUT2D eigenvalue weighted by Crippen LogP contribution is 2.42. The number of benzene rings is 3. The van der Waals surface area contributed by atoms with Gasteiger partial charge in [-0.1, -0.05) is 59.4 Å². The predicted molar refractivity (Wildman–Crippen MR) is 146 cm³/mol. The van der Waals surface area contributed by atoms with Crippen molar-refractivity contribution in [1.29, 1.82) is 0 Å². The van der Waals surface area contributed by atoms with Crippen LogP contribution in [0.1, 0.15) is 37.7 Å². The maximum Gasteiger partial charge on any atom is 0.320 e. The van der Waals surface area contributed by atoms with Gasteiger partial charge in [-0.3, -0.25) is 0 Å². The maximum absolute atomic E-state index is 13.7. The van der Waals surface area contributed by atoms with Crippen molar-refractivity contribution in [3.63, 3.8) is 0 Å². The van der Waals surface area contributed by atoms with Gasteiger partial charge in [-0.25, -0.2) is 8.78 Å². The Bertz CT molecular complexity index is 1440.